The molecule has 0 aliphatic carbocycles. The summed E-state index contributed by atoms with van der Waals surface area (Å²) in [7, 11) is 3.42. The van der Waals surface area contributed by atoms with Crippen molar-refractivity contribution in [3.05, 3.63) is 16.1 Å². The van der Waals surface area contributed by atoms with Crippen LogP contribution in [0.5, 0.6) is 0 Å². The number of aromatic nitrogens is 1. The average Bonchev–Trinajstić information content (AvgIpc) is 2.76. The van der Waals surface area contributed by atoms with Crippen molar-refractivity contribution in [3.63, 3.8) is 0 Å². The lowest BCUT2D eigenvalue weighted by Gasteiger charge is -2.07. The highest BCUT2D eigenvalue weighted by molar-refractivity contribution is 7.98. The highest BCUT2D eigenvalue weighted by atomic mass is 32.2. The molecular formula is C11H17N3O3S2. The molecule has 0 radical (unpaired) electrons. The number of carbonyl (C=O) groups is 2. The van der Waals surface area contributed by atoms with Crippen LogP contribution in [0.3, 0.4) is 0 Å². The van der Waals surface area contributed by atoms with Crippen molar-refractivity contribution in [1.29, 1.82) is 0 Å². The van der Waals surface area contributed by atoms with Gasteiger partial charge < -0.3 is 15.7 Å². The number of amides is 1. The fourth-order valence-corrected chi connectivity index (χ4v) is 2.91. The lowest BCUT2D eigenvalue weighted by atomic mass is 10.4. The number of hydrogen-bond acceptors (Lipinski definition) is 6. The summed E-state index contributed by atoms with van der Waals surface area (Å²) >= 11 is 2.87. The van der Waals surface area contributed by atoms with Gasteiger partial charge in [0.15, 0.2) is 0 Å². The van der Waals surface area contributed by atoms with Crippen LogP contribution in [0.4, 0.5) is 0 Å². The molecule has 1 atom stereocenters. The van der Waals surface area contributed by atoms with Gasteiger partial charge >= 0.3 is 5.97 Å². The Bertz CT molecular complexity index is 448. The minimum atomic E-state index is -0.997. The average molecular weight is 303 g/mol. The highest BCUT2D eigenvalue weighted by Gasteiger charge is 2.12. The molecule has 0 aromatic carbocycles. The summed E-state index contributed by atoms with van der Waals surface area (Å²) < 4.78 is 0. The van der Waals surface area contributed by atoms with Gasteiger partial charge in [-0.25, -0.2) is 4.98 Å². The second kappa shape index (κ2) is 7.46. The summed E-state index contributed by atoms with van der Waals surface area (Å²) in [5.41, 5.74) is 6.25. The maximum atomic E-state index is 11.5. The number of thiazole rings is 1. The summed E-state index contributed by atoms with van der Waals surface area (Å²) in [6.07, 6.45) is 0.303. The second-order valence-corrected chi connectivity index (χ2v) is 6.13. The Morgan fingerprint density at radius 2 is 2.26 bits per heavy atom. The smallest absolute Gasteiger partial charge is 0.321 e. The number of nitrogens with two attached hydrogens (primary N) is 1. The normalized spacial score (nSPS) is 12.2. The monoisotopic (exact) mass is 303 g/mol. The SMILES string of the molecule is CN(C)C(=O)Cc1nc(CSC[C@H](N)C(=O)O)cs1. The van der Waals surface area contributed by atoms with Crippen LogP contribution in [0.25, 0.3) is 0 Å². The molecule has 19 heavy (non-hydrogen) atoms. The van der Waals surface area contributed by atoms with Gasteiger partial charge in [0.1, 0.15) is 11.0 Å². The van der Waals surface area contributed by atoms with Crippen molar-refractivity contribution < 1.29 is 14.7 Å². The van der Waals surface area contributed by atoms with Gasteiger partial charge in [-0.05, 0) is 0 Å². The molecule has 0 saturated heterocycles. The Kier molecular flexibility index (Phi) is 6.26. The first-order chi connectivity index (χ1) is 8.90. The molecule has 0 aliphatic heterocycles. The molecule has 0 bridgehead atoms. The van der Waals surface area contributed by atoms with E-state index in [1.165, 1.54) is 28.0 Å². The van der Waals surface area contributed by atoms with E-state index in [1.54, 1.807) is 14.1 Å². The van der Waals surface area contributed by atoms with E-state index < -0.39 is 12.0 Å². The molecule has 1 rings (SSSR count). The summed E-state index contributed by atoms with van der Waals surface area (Å²) in [5, 5.41) is 11.3. The van der Waals surface area contributed by atoms with Crippen molar-refractivity contribution in [2.75, 3.05) is 19.8 Å². The maximum Gasteiger partial charge on any atom is 0.321 e. The molecule has 6 nitrogen and oxygen atoms in total. The number of aliphatic carboxylic acids is 1. The zero-order valence-corrected chi connectivity index (χ0v) is 12.5. The van der Waals surface area contributed by atoms with E-state index in [2.05, 4.69) is 4.98 Å². The van der Waals surface area contributed by atoms with E-state index in [1.807, 2.05) is 5.38 Å². The predicted octanol–water partition coefficient (Wildman–Crippen LogP) is 0.419. The maximum absolute atomic E-state index is 11.5. The third-order valence-electron chi connectivity index (χ3n) is 2.27. The zero-order valence-electron chi connectivity index (χ0n) is 10.8. The predicted molar refractivity (Wildman–Crippen MR) is 76.3 cm³/mol. The van der Waals surface area contributed by atoms with Crippen LogP contribution in [-0.4, -0.2) is 52.8 Å². The molecule has 0 aliphatic rings. The van der Waals surface area contributed by atoms with Crippen molar-refractivity contribution >= 4 is 35.0 Å². The zero-order chi connectivity index (χ0) is 14.4. The molecule has 8 heteroatoms. The van der Waals surface area contributed by atoms with E-state index in [-0.39, 0.29) is 5.91 Å². The number of carboxylic acid groups (broad SMARTS) is 1. The van der Waals surface area contributed by atoms with Crippen LogP contribution in [0.15, 0.2) is 5.38 Å². The van der Waals surface area contributed by atoms with Crippen LogP contribution in [-0.2, 0) is 21.8 Å². The summed E-state index contributed by atoms with van der Waals surface area (Å²) in [6.45, 7) is 0. The number of carboxylic acids is 1. The molecule has 0 fully saturated rings. The molecule has 3 N–H and O–H groups in total. The third-order valence-corrected chi connectivity index (χ3v) is 4.26. The molecule has 0 saturated carbocycles. The van der Waals surface area contributed by atoms with E-state index >= 15 is 0 Å². The quantitative estimate of drug-likeness (QED) is 0.758. The minimum Gasteiger partial charge on any atom is -0.480 e. The van der Waals surface area contributed by atoms with Crippen LogP contribution >= 0.6 is 23.1 Å². The van der Waals surface area contributed by atoms with Gasteiger partial charge in [-0.2, -0.15) is 11.8 Å². The molecule has 1 heterocycles. The topological polar surface area (TPSA) is 96.5 Å². The Balaban J connectivity index is 2.39. The van der Waals surface area contributed by atoms with Crippen molar-refractivity contribution in [3.8, 4) is 0 Å². The van der Waals surface area contributed by atoms with E-state index in [0.29, 0.717) is 17.9 Å². The largest absolute Gasteiger partial charge is 0.480 e. The van der Waals surface area contributed by atoms with Gasteiger partial charge in [-0.1, -0.05) is 0 Å². The Hall–Kier alpha value is -1.12. The molecule has 0 spiro atoms. The number of carbonyl (C=O) groups excluding carboxylic acids is 1. The summed E-state index contributed by atoms with van der Waals surface area (Å²) in [4.78, 5) is 27.9. The Morgan fingerprint density at radius 1 is 1.58 bits per heavy atom. The molecule has 106 valence electrons. The Morgan fingerprint density at radius 3 is 2.84 bits per heavy atom. The first-order valence-corrected chi connectivity index (χ1v) is 7.63. The van der Waals surface area contributed by atoms with Gasteiger partial charge in [-0.15, -0.1) is 11.3 Å². The first-order valence-electron chi connectivity index (χ1n) is 5.59. The summed E-state index contributed by atoms with van der Waals surface area (Å²) in [5.74, 6) is -0.0311. The van der Waals surface area contributed by atoms with Gasteiger partial charge in [0, 0.05) is 31.0 Å². The van der Waals surface area contributed by atoms with Crippen LogP contribution in [0, 0.1) is 0 Å². The number of hydrogen-bond donors (Lipinski definition) is 2. The third kappa shape index (κ3) is 5.58. The number of likely N-dealkylation sites (N-methyl/N-ethyl adjacent to an activating group) is 1. The van der Waals surface area contributed by atoms with Crippen molar-refractivity contribution in [2.24, 2.45) is 5.73 Å². The molecule has 1 aromatic rings. The van der Waals surface area contributed by atoms with Gasteiger partial charge in [0.2, 0.25) is 5.91 Å². The molecular weight excluding hydrogens is 286 g/mol. The first kappa shape index (κ1) is 15.9. The van der Waals surface area contributed by atoms with Gasteiger partial charge in [-0.3, -0.25) is 9.59 Å². The van der Waals surface area contributed by atoms with Crippen LogP contribution in [0.1, 0.15) is 10.7 Å². The lowest BCUT2D eigenvalue weighted by Crippen LogP contribution is -2.32. The fraction of sp³-hybridized carbons (Fsp3) is 0.545. The lowest BCUT2D eigenvalue weighted by molar-refractivity contribution is -0.138. The fourth-order valence-electron chi connectivity index (χ4n) is 1.15. The van der Waals surface area contributed by atoms with E-state index in [0.717, 1.165) is 10.7 Å². The van der Waals surface area contributed by atoms with Gasteiger partial charge in [0.05, 0.1) is 12.1 Å². The number of rotatable bonds is 7. The molecule has 1 aromatic heterocycles. The minimum absolute atomic E-state index is 0.0152. The van der Waals surface area contributed by atoms with Crippen LogP contribution in [0.2, 0.25) is 0 Å². The molecule has 1 amide bonds. The number of nitrogens with zero attached hydrogens (tertiary/aromatic N) is 2. The van der Waals surface area contributed by atoms with Gasteiger partial charge in [0.25, 0.3) is 0 Å². The van der Waals surface area contributed by atoms with E-state index in [9.17, 15) is 9.59 Å². The second-order valence-electron chi connectivity index (χ2n) is 4.16. The van der Waals surface area contributed by atoms with Crippen molar-refractivity contribution in [2.45, 2.75) is 18.2 Å². The highest BCUT2D eigenvalue weighted by Crippen LogP contribution is 2.17. The number of thioether (sulfide) groups is 1. The van der Waals surface area contributed by atoms with Crippen molar-refractivity contribution in [1.82, 2.24) is 9.88 Å². The molecule has 0 unspecified atom stereocenters. The Labute approximate surface area is 120 Å². The summed E-state index contributed by atoms with van der Waals surface area (Å²) in [6, 6.07) is -0.849. The van der Waals surface area contributed by atoms with Crippen LogP contribution < -0.4 is 5.73 Å². The standard InChI is InChI=1S/C11H17N3O3S2/c1-14(2)10(15)3-9-13-7(5-19-9)4-18-6-8(12)11(16)17/h5,8H,3-4,6,12H2,1-2H3,(H,16,17)/t8-/m0/s1. The van der Waals surface area contributed by atoms with E-state index in [4.69, 9.17) is 10.8 Å².